The van der Waals surface area contributed by atoms with E-state index in [1.54, 1.807) is 24.5 Å². The van der Waals surface area contributed by atoms with Crippen molar-refractivity contribution in [2.45, 2.75) is 52.6 Å². The molecule has 6 heteroatoms. The molecule has 0 radical (unpaired) electrons. The van der Waals surface area contributed by atoms with E-state index < -0.39 is 23.5 Å². The van der Waals surface area contributed by atoms with Crippen molar-refractivity contribution in [1.82, 2.24) is 4.90 Å². The summed E-state index contributed by atoms with van der Waals surface area (Å²) in [5.41, 5.74) is 3.82. The number of ether oxygens (including phenoxy) is 1. The second-order valence-electron chi connectivity index (χ2n) is 9.09. The summed E-state index contributed by atoms with van der Waals surface area (Å²) in [6.45, 7) is 6.80. The lowest BCUT2D eigenvalue weighted by Crippen LogP contribution is -2.29. The van der Waals surface area contributed by atoms with Crippen LogP contribution < -0.4 is 14.8 Å². The Morgan fingerprint density at radius 1 is 1.06 bits per heavy atom. The van der Waals surface area contributed by atoms with E-state index in [0.29, 0.717) is 23.5 Å². The second-order valence-corrected chi connectivity index (χ2v) is 9.09. The predicted octanol–water partition coefficient (Wildman–Crippen LogP) is 3.97. The highest BCUT2D eigenvalue weighted by atomic mass is 16.5. The fourth-order valence-corrected chi connectivity index (χ4v) is 4.50. The van der Waals surface area contributed by atoms with Gasteiger partial charge in [-0.25, -0.2) is 4.98 Å². The monoisotopic (exact) mass is 484 g/mol. The maximum absolute atomic E-state index is 13.8. The molecule has 1 amide bonds. The van der Waals surface area contributed by atoms with Crippen LogP contribution in [-0.2, 0) is 22.6 Å². The van der Waals surface area contributed by atoms with E-state index in [1.807, 2.05) is 49.4 Å². The smallest absolute Gasteiger partial charge is 0.295 e. The SMILES string of the molecule is CCCCOc1ccc(C([O-])=C2C(=O)C(=O)N(Cc3ccc[nH+]c3)C2c2ccc(CC)cc2)c(C)c1. The quantitative estimate of drug-likeness (QED) is 0.199. The number of aryl methyl sites for hydroxylation is 2. The summed E-state index contributed by atoms with van der Waals surface area (Å²) in [5.74, 6) is -1.14. The number of pyridine rings is 1. The third kappa shape index (κ3) is 5.18. The Morgan fingerprint density at radius 2 is 1.83 bits per heavy atom. The summed E-state index contributed by atoms with van der Waals surface area (Å²) < 4.78 is 5.77. The highest BCUT2D eigenvalue weighted by Crippen LogP contribution is 2.40. The number of nitrogens with zero attached hydrogens (tertiary/aromatic N) is 1. The summed E-state index contributed by atoms with van der Waals surface area (Å²) in [6, 6.07) is 16.0. The van der Waals surface area contributed by atoms with Gasteiger partial charge in [0, 0.05) is 17.2 Å². The lowest BCUT2D eigenvalue weighted by atomic mass is 9.93. The fourth-order valence-electron chi connectivity index (χ4n) is 4.50. The van der Waals surface area contributed by atoms with E-state index in [2.05, 4.69) is 18.8 Å². The molecule has 4 rings (SSSR count). The molecule has 1 unspecified atom stereocenters. The van der Waals surface area contributed by atoms with Gasteiger partial charge in [-0.3, -0.25) is 9.59 Å². The van der Waals surface area contributed by atoms with Crippen molar-refractivity contribution in [1.29, 1.82) is 0 Å². The van der Waals surface area contributed by atoms with Crippen LogP contribution in [0.4, 0.5) is 0 Å². The van der Waals surface area contributed by atoms with Crippen molar-refractivity contribution in [3.8, 4) is 5.75 Å². The average molecular weight is 485 g/mol. The van der Waals surface area contributed by atoms with Crippen LogP contribution in [0.1, 0.15) is 60.5 Å². The number of hydrogen-bond acceptors (Lipinski definition) is 4. The van der Waals surface area contributed by atoms with Crippen LogP contribution in [0.2, 0.25) is 0 Å². The molecule has 1 N–H and O–H groups in total. The molecule has 2 heterocycles. The molecule has 1 saturated heterocycles. The number of aromatic nitrogens is 1. The molecule has 0 saturated carbocycles. The molecule has 36 heavy (non-hydrogen) atoms. The number of nitrogens with one attached hydrogen (secondary N) is 1. The van der Waals surface area contributed by atoms with Crippen molar-refractivity contribution in [3.63, 3.8) is 0 Å². The molecule has 0 spiro atoms. The summed E-state index contributed by atoms with van der Waals surface area (Å²) in [6.07, 6.45) is 6.41. The molecule has 3 aromatic rings. The number of Topliss-reactive ketones (excluding diaryl/α,β-unsaturated/α-hetero) is 1. The van der Waals surface area contributed by atoms with Gasteiger partial charge in [0.15, 0.2) is 12.4 Å². The van der Waals surface area contributed by atoms with Crippen molar-refractivity contribution in [2.24, 2.45) is 0 Å². The van der Waals surface area contributed by atoms with Crippen LogP contribution in [-0.4, -0.2) is 23.2 Å². The number of carbonyl (C=O) groups is 2. The van der Waals surface area contributed by atoms with Gasteiger partial charge in [0.05, 0.1) is 19.2 Å². The Kier molecular flexibility index (Phi) is 7.84. The average Bonchev–Trinajstić information content (AvgIpc) is 3.14. The Labute approximate surface area is 212 Å². The van der Waals surface area contributed by atoms with Crippen molar-refractivity contribution < 1.29 is 24.4 Å². The molecule has 0 aliphatic carbocycles. The van der Waals surface area contributed by atoms with Gasteiger partial charge >= 0.3 is 0 Å². The van der Waals surface area contributed by atoms with E-state index in [0.717, 1.165) is 36.0 Å². The molecule has 1 fully saturated rings. The van der Waals surface area contributed by atoms with Gasteiger partial charge in [-0.1, -0.05) is 56.4 Å². The topological polar surface area (TPSA) is 83.8 Å². The molecule has 0 bridgehead atoms. The number of amides is 1. The molecular weight excluding hydrogens is 452 g/mol. The maximum atomic E-state index is 13.8. The highest BCUT2D eigenvalue weighted by Gasteiger charge is 2.44. The molecule has 1 aromatic heterocycles. The van der Waals surface area contributed by atoms with Crippen molar-refractivity contribution in [3.05, 3.63) is 100 Å². The Morgan fingerprint density at radius 3 is 2.47 bits per heavy atom. The van der Waals surface area contributed by atoms with Crippen LogP contribution in [0.15, 0.2) is 72.6 Å². The largest absolute Gasteiger partial charge is 0.872 e. The number of likely N-dealkylation sites (tertiary alicyclic amines) is 1. The number of rotatable bonds is 9. The molecule has 1 aliphatic rings. The van der Waals surface area contributed by atoms with Crippen LogP contribution in [0.3, 0.4) is 0 Å². The molecule has 2 aromatic carbocycles. The van der Waals surface area contributed by atoms with Crippen LogP contribution >= 0.6 is 0 Å². The maximum Gasteiger partial charge on any atom is 0.295 e. The van der Waals surface area contributed by atoms with E-state index in [-0.39, 0.29) is 12.1 Å². The lowest BCUT2D eigenvalue weighted by Gasteiger charge is -2.28. The normalized spacial score (nSPS) is 17.0. The summed E-state index contributed by atoms with van der Waals surface area (Å²) in [7, 11) is 0. The third-order valence-electron chi connectivity index (χ3n) is 6.57. The number of ketones is 1. The molecule has 1 aliphatic heterocycles. The van der Waals surface area contributed by atoms with Gasteiger partial charge in [0.2, 0.25) is 5.78 Å². The third-order valence-corrected chi connectivity index (χ3v) is 6.57. The Hall–Kier alpha value is -3.93. The van der Waals surface area contributed by atoms with Gasteiger partial charge < -0.3 is 14.7 Å². The minimum Gasteiger partial charge on any atom is -0.872 e. The zero-order valence-corrected chi connectivity index (χ0v) is 21.0. The van der Waals surface area contributed by atoms with Crippen LogP contribution in [0.25, 0.3) is 5.76 Å². The minimum absolute atomic E-state index is 0.00749. The van der Waals surface area contributed by atoms with Gasteiger partial charge in [-0.05, 0) is 60.2 Å². The van der Waals surface area contributed by atoms with Crippen molar-refractivity contribution in [2.75, 3.05) is 6.61 Å². The number of benzene rings is 2. The van der Waals surface area contributed by atoms with E-state index in [4.69, 9.17) is 4.74 Å². The van der Waals surface area contributed by atoms with Gasteiger partial charge in [-0.15, -0.1) is 0 Å². The first-order valence-electron chi connectivity index (χ1n) is 12.5. The number of aromatic amines is 1. The molecule has 1 atom stereocenters. The van der Waals surface area contributed by atoms with Gasteiger partial charge in [0.25, 0.3) is 5.91 Å². The predicted molar refractivity (Wildman–Crippen MR) is 136 cm³/mol. The number of carbonyl (C=O) groups excluding carboxylic acids is 2. The van der Waals surface area contributed by atoms with E-state index >= 15 is 0 Å². The lowest BCUT2D eigenvalue weighted by molar-refractivity contribution is -0.378. The minimum atomic E-state index is -0.761. The van der Waals surface area contributed by atoms with Gasteiger partial charge in [0.1, 0.15) is 5.75 Å². The zero-order chi connectivity index (χ0) is 25.7. The van der Waals surface area contributed by atoms with E-state index in [9.17, 15) is 14.7 Å². The van der Waals surface area contributed by atoms with Crippen molar-refractivity contribution >= 4 is 17.4 Å². The van der Waals surface area contributed by atoms with E-state index in [1.165, 1.54) is 4.90 Å². The summed E-state index contributed by atoms with van der Waals surface area (Å²) in [4.78, 5) is 31.0. The Bertz CT molecular complexity index is 1270. The number of hydrogen-bond donors (Lipinski definition) is 0. The molecule has 6 nitrogen and oxygen atoms in total. The van der Waals surface area contributed by atoms with Crippen LogP contribution in [0, 0.1) is 6.92 Å². The highest BCUT2D eigenvalue weighted by molar-refractivity contribution is 6.46. The molecule has 186 valence electrons. The zero-order valence-electron chi connectivity index (χ0n) is 21.0. The fraction of sp³-hybridized carbons (Fsp3) is 0.300. The van der Waals surface area contributed by atoms with Crippen LogP contribution in [0.5, 0.6) is 5.75 Å². The standard InChI is InChI=1S/C30H32N2O4/c1-4-6-16-36-24-13-14-25(20(3)17-24)28(33)26-27(23-11-9-21(5-2)10-12-23)32(30(35)29(26)34)19-22-8-7-15-31-18-22/h7-15,17-18,27,33H,4-6,16,19H2,1-3H3. The Balaban J connectivity index is 1.78. The number of H-pyrrole nitrogens is 1. The second kappa shape index (κ2) is 11.2. The first-order valence-corrected chi connectivity index (χ1v) is 12.5. The first kappa shape index (κ1) is 25.2. The molecular formula is C30H32N2O4. The first-order chi connectivity index (χ1) is 17.4. The summed E-state index contributed by atoms with van der Waals surface area (Å²) >= 11 is 0. The number of unbranched alkanes of at least 4 members (excludes halogenated alkanes) is 1. The summed E-state index contributed by atoms with van der Waals surface area (Å²) in [5, 5.41) is 13.8. The van der Waals surface area contributed by atoms with Gasteiger partial charge in [-0.2, -0.15) is 0 Å².